The van der Waals surface area contributed by atoms with Crippen molar-refractivity contribution in [1.29, 1.82) is 0 Å². The minimum atomic E-state index is -0.125. The molecule has 6 heteroatoms. The van der Waals surface area contributed by atoms with Gasteiger partial charge >= 0.3 is 11.7 Å². The Balaban J connectivity index is 0.000000263. The molecule has 0 amide bonds. The smallest absolute Gasteiger partial charge is 0.495 e. The van der Waals surface area contributed by atoms with Gasteiger partial charge in [0.25, 0.3) is 5.69 Å². The van der Waals surface area contributed by atoms with E-state index in [0.717, 1.165) is 39.3 Å². The summed E-state index contributed by atoms with van der Waals surface area (Å²) in [6.45, 7) is 2.85. The normalized spacial score (nSPS) is 13.0. The molecule has 0 aliphatic carbocycles. The summed E-state index contributed by atoms with van der Waals surface area (Å²) in [5, 5.41) is 10.6. The van der Waals surface area contributed by atoms with Gasteiger partial charge in [-0.3, -0.25) is 4.79 Å². The van der Waals surface area contributed by atoms with Crippen LogP contribution >= 0.6 is 0 Å². The fourth-order valence-electron chi connectivity index (χ4n) is 3.30. The Bertz CT molecular complexity index is 1230. The van der Waals surface area contributed by atoms with Crippen LogP contribution in [0.5, 0.6) is 11.5 Å². The van der Waals surface area contributed by atoms with E-state index in [9.17, 15) is 4.79 Å². The number of aliphatic hydroxyl groups is 1. The van der Waals surface area contributed by atoms with Gasteiger partial charge in [-0.2, -0.15) is 0 Å². The molecule has 5 nitrogen and oxygen atoms in total. The summed E-state index contributed by atoms with van der Waals surface area (Å²) < 4.78 is 10.1. The molecule has 2 aliphatic rings. The summed E-state index contributed by atoms with van der Waals surface area (Å²) in [6.07, 6.45) is 1.17. The first-order valence-electron chi connectivity index (χ1n) is 8.88. The molecule has 1 radical (unpaired) electrons. The van der Waals surface area contributed by atoms with Crippen LogP contribution in [-0.4, -0.2) is 28.5 Å². The molecule has 3 aromatic carbocycles. The quantitative estimate of drug-likeness (QED) is 0.152. The van der Waals surface area contributed by atoms with Crippen molar-refractivity contribution in [2.75, 3.05) is 7.05 Å². The summed E-state index contributed by atoms with van der Waals surface area (Å²) in [5.74, 6) is 1.62. The fourth-order valence-corrected chi connectivity index (χ4v) is 3.30. The van der Waals surface area contributed by atoms with Crippen LogP contribution in [0.15, 0.2) is 60.4 Å². The molecule has 0 atom stereocenters. The second-order valence-corrected chi connectivity index (χ2v) is 6.69. The molecule has 29 heavy (non-hydrogen) atoms. The largest absolute Gasteiger partial charge is 0.512 e. The molecular weight excluding hydrogens is 544 g/mol. The number of ether oxygens (including phenoxy) is 1. The van der Waals surface area contributed by atoms with E-state index in [0.29, 0.717) is 0 Å². The number of carbonyl (C=O) groups excluding carboxylic acids is 1. The van der Waals surface area contributed by atoms with E-state index >= 15 is 0 Å². The molecule has 2 aliphatic heterocycles. The van der Waals surface area contributed by atoms with Crippen molar-refractivity contribution >= 4 is 39.6 Å². The van der Waals surface area contributed by atoms with E-state index in [2.05, 4.69) is 36.3 Å². The second-order valence-electron chi connectivity index (χ2n) is 6.69. The summed E-state index contributed by atoms with van der Waals surface area (Å²) in [6, 6.07) is 23.1. The average molecular weight is 564 g/mol. The van der Waals surface area contributed by atoms with Gasteiger partial charge < -0.3 is 9.84 Å². The molecule has 0 unspecified atom stereocenters. The number of aliphatic hydroxyl groups excluding tert-OH is 1. The third kappa shape index (κ3) is 3.92. The van der Waals surface area contributed by atoms with Gasteiger partial charge in [0.15, 0.2) is 24.3 Å². The Morgan fingerprint density at radius 1 is 1.14 bits per heavy atom. The molecular formula is C23H19IrN2O3+. The van der Waals surface area contributed by atoms with E-state index in [1.54, 1.807) is 0 Å². The maximum absolute atomic E-state index is 10.0. The summed E-state index contributed by atoms with van der Waals surface area (Å²) >= 11 is 0. The maximum atomic E-state index is 10.0. The Hall–Kier alpha value is -3.04. The number of rotatable bonds is 1. The Labute approximate surface area is 182 Å². The van der Waals surface area contributed by atoms with Gasteiger partial charge in [0, 0.05) is 32.2 Å². The number of allylic oxidation sites excluding steroid dienone is 2. The molecule has 2 heterocycles. The average Bonchev–Trinajstić information content (AvgIpc) is 2.98. The first-order chi connectivity index (χ1) is 13.4. The van der Waals surface area contributed by atoms with Gasteiger partial charge in [-0.25, -0.2) is 0 Å². The van der Waals surface area contributed by atoms with Crippen molar-refractivity contribution in [1.82, 2.24) is 4.58 Å². The van der Waals surface area contributed by atoms with E-state index in [1.165, 1.54) is 19.9 Å². The topological polar surface area (TPSA) is 52.5 Å². The molecule has 3 aromatic rings. The first-order valence-corrected chi connectivity index (χ1v) is 8.88. The Kier molecular flexibility index (Phi) is 5.81. The SMILES string of the molecule is CC(=O)/C=C(/C)O.C[N+]1=C=[N+]2c3[c-]c4ccccc4cc3Oc3cccc1c32.[Ir]. The number of benzene rings is 3. The molecule has 1 N–H and O–H groups in total. The number of ketones is 1. The van der Waals surface area contributed by atoms with Crippen LogP contribution in [0.4, 0.5) is 17.1 Å². The molecule has 0 spiro atoms. The number of fused-ring (bicyclic) bond motifs is 3. The predicted molar refractivity (Wildman–Crippen MR) is 109 cm³/mol. The summed E-state index contributed by atoms with van der Waals surface area (Å²) in [7, 11) is 1.99. The van der Waals surface area contributed by atoms with Crippen LogP contribution in [0.25, 0.3) is 10.8 Å². The standard InChI is InChI=1S/C18H11N2O.C5H8O2.Ir/c1-19-11-20-15-9-12-5-2-3-6-13(12)10-17(15)21-16-8-4-7-14(19)18(16)20;1-4(6)3-5(2)7;/h2-8,10H,1H3;3,6H,1-2H3;/q+1;;/b;4-3-;. The molecule has 0 bridgehead atoms. The maximum Gasteiger partial charge on any atom is 0.495 e. The van der Waals surface area contributed by atoms with Crippen molar-refractivity contribution < 1.29 is 39.3 Å². The van der Waals surface area contributed by atoms with Crippen LogP contribution in [0, 0.1) is 6.07 Å². The third-order valence-electron chi connectivity index (χ3n) is 4.40. The van der Waals surface area contributed by atoms with Gasteiger partial charge in [0.05, 0.1) is 5.76 Å². The fraction of sp³-hybridized carbons (Fsp3) is 0.130. The van der Waals surface area contributed by atoms with E-state index in [1.807, 2.05) is 40.5 Å². The number of hydrogen-bond acceptors (Lipinski definition) is 3. The van der Waals surface area contributed by atoms with Crippen LogP contribution in [0.3, 0.4) is 0 Å². The number of hydrogen-bond donors (Lipinski definition) is 1. The van der Waals surface area contributed by atoms with E-state index < -0.39 is 0 Å². The number of nitrogens with zero attached hydrogens (tertiary/aromatic N) is 2. The zero-order valence-corrected chi connectivity index (χ0v) is 18.6. The first kappa shape index (κ1) is 20.7. The molecule has 0 saturated heterocycles. The van der Waals surface area contributed by atoms with Crippen molar-refractivity contribution in [2.45, 2.75) is 13.8 Å². The zero-order valence-electron chi connectivity index (χ0n) is 16.2. The van der Waals surface area contributed by atoms with E-state index in [-0.39, 0.29) is 31.6 Å². The monoisotopic (exact) mass is 564 g/mol. The van der Waals surface area contributed by atoms with Gasteiger partial charge in [-0.1, -0.05) is 39.5 Å². The summed E-state index contributed by atoms with van der Waals surface area (Å²) in [4.78, 5) is 10.0. The summed E-state index contributed by atoms with van der Waals surface area (Å²) in [5.41, 5.74) is 3.05. The van der Waals surface area contributed by atoms with Crippen LogP contribution in [-0.2, 0) is 24.9 Å². The van der Waals surface area contributed by atoms with E-state index in [4.69, 9.17) is 9.84 Å². The van der Waals surface area contributed by atoms with Crippen molar-refractivity contribution in [3.8, 4) is 11.5 Å². The van der Waals surface area contributed by atoms with Gasteiger partial charge in [-0.05, 0) is 19.9 Å². The Morgan fingerprint density at radius 3 is 2.59 bits per heavy atom. The van der Waals surface area contributed by atoms with Gasteiger partial charge in [0.1, 0.15) is 5.75 Å². The van der Waals surface area contributed by atoms with Gasteiger partial charge in [-0.15, -0.1) is 22.9 Å². The number of para-hydroxylation sites is 1. The van der Waals surface area contributed by atoms with Crippen molar-refractivity contribution in [3.05, 3.63) is 66.4 Å². The van der Waals surface area contributed by atoms with Gasteiger partial charge in [0.2, 0.25) is 0 Å². The zero-order chi connectivity index (χ0) is 19.8. The minimum Gasteiger partial charge on any atom is -0.512 e. The molecule has 0 aromatic heterocycles. The molecule has 0 fully saturated rings. The van der Waals surface area contributed by atoms with Crippen LogP contribution in [0.1, 0.15) is 13.8 Å². The van der Waals surface area contributed by atoms with Crippen molar-refractivity contribution in [3.63, 3.8) is 0 Å². The minimum absolute atomic E-state index is 0. The van der Waals surface area contributed by atoms with Crippen LogP contribution in [0.2, 0.25) is 0 Å². The predicted octanol–water partition coefficient (Wildman–Crippen LogP) is 5.08. The second kappa shape index (κ2) is 8.14. The molecule has 147 valence electrons. The third-order valence-corrected chi connectivity index (χ3v) is 4.40. The van der Waals surface area contributed by atoms with Crippen molar-refractivity contribution in [2.24, 2.45) is 0 Å². The Morgan fingerprint density at radius 2 is 1.90 bits per heavy atom. The van der Waals surface area contributed by atoms with Crippen LogP contribution < -0.4 is 9.31 Å². The number of carbonyl (C=O) groups is 1. The molecule has 5 rings (SSSR count). The molecule has 0 saturated carbocycles.